The van der Waals surface area contributed by atoms with Crippen LogP contribution >= 0.6 is 0 Å². The first-order chi connectivity index (χ1) is 11.5. The number of aromatic amines is 1. The largest absolute Gasteiger partial charge is 0.481 e. The molecule has 0 bridgehead atoms. The number of hydrogen-bond donors (Lipinski definition) is 2. The van der Waals surface area contributed by atoms with Crippen LogP contribution in [0.5, 0.6) is 0 Å². The number of H-pyrrole nitrogens is 1. The third kappa shape index (κ3) is 3.26. The van der Waals surface area contributed by atoms with Crippen molar-refractivity contribution in [3.05, 3.63) is 35.3 Å². The lowest BCUT2D eigenvalue weighted by Crippen LogP contribution is -2.39. The number of halogens is 1. The minimum atomic E-state index is -0.972. The van der Waals surface area contributed by atoms with Gasteiger partial charge in [-0.2, -0.15) is 0 Å². The van der Waals surface area contributed by atoms with Gasteiger partial charge in [-0.1, -0.05) is 0 Å². The third-order valence-corrected chi connectivity index (χ3v) is 4.38. The molecule has 1 aliphatic heterocycles. The highest BCUT2D eigenvalue weighted by Crippen LogP contribution is 2.24. The van der Waals surface area contributed by atoms with E-state index in [9.17, 15) is 19.1 Å². The van der Waals surface area contributed by atoms with E-state index in [0.29, 0.717) is 18.5 Å². The highest BCUT2D eigenvalue weighted by molar-refractivity contribution is 5.90. The second-order valence-electron chi connectivity index (χ2n) is 6.05. The van der Waals surface area contributed by atoms with E-state index in [0.717, 1.165) is 16.8 Å². The highest BCUT2D eigenvalue weighted by Gasteiger charge is 2.27. The fraction of sp³-hybridized carbons (Fsp3) is 0.412. The van der Waals surface area contributed by atoms with Crippen molar-refractivity contribution >= 4 is 22.8 Å². The number of nitrogens with one attached hydrogen (secondary N) is 1. The Bertz CT molecular complexity index is 786. The smallest absolute Gasteiger partial charge is 0.310 e. The van der Waals surface area contributed by atoms with Gasteiger partial charge in [-0.25, -0.2) is 4.39 Å². The van der Waals surface area contributed by atoms with Crippen LogP contribution in [0.2, 0.25) is 0 Å². The van der Waals surface area contributed by atoms with Crippen LogP contribution < -0.4 is 0 Å². The normalized spacial score (nSPS) is 18.6. The summed E-state index contributed by atoms with van der Waals surface area (Å²) in [5.74, 6) is -2.23. The van der Waals surface area contributed by atoms with Gasteiger partial charge in [-0.15, -0.1) is 0 Å². The van der Waals surface area contributed by atoms with Crippen LogP contribution in [-0.2, 0) is 20.7 Å². The van der Waals surface area contributed by atoms with Crippen molar-refractivity contribution in [2.75, 3.05) is 26.3 Å². The van der Waals surface area contributed by atoms with E-state index in [1.54, 1.807) is 6.07 Å². The maximum atomic E-state index is 13.5. The Hall–Kier alpha value is -2.41. The summed E-state index contributed by atoms with van der Waals surface area (Å²) in [6.07, 6.45) is 0.0988. The number of carbonyl (C=O) groups is 2. The van der Waals surface area contributed by atoms with Crippen molar-refractivity contribution in [3.63, 3.8) is 0 Å². The number of nitrogens with zero attached hydrogens (tertiary/aromatic N) is 1. The van der Waals surface area contributed by atoms with Gasteiger partial charge in [-0.3, -0.25) is 9.59 Å². The lowest BCUT2D eigenvalue weighted by atomic mass is 10.1. The quantitative estimate of drug-likeness (QED) is 0.895. The van der Waals surface area contributed by atoms with E-state index in [4.69, 9.17) is 4.74 Å². The maximum Gasteiger partial charge on any atom is 0.310 e. The molecule has 0 aliphatic carbocycles. The number of aromatic nitrogens is 1. The summed E-state index contributed by atoms with van der Waals surface area (Å²) < 4.78 is 18.8. The number of fused-ring (bicyclic) bond motifs is 1. The zero-order valence-electron chi connectivity index (χ0n) is 13.3. The van der Waals surface area contributed by atoms with Crippen LogP contribution in [-0.4, -0.2) is 53.2 Å². The van der Waals surface area contributed by atoms with Gasteiger partial charge in [0.25, 0.3) is 0 Å². The molecule has 0 saturated carbocycles. The number of aliphatic carboxylic acids is 1. The van der Waals surface area contributed by atoms with E-state index in [-0.39, 0.29) is 31.3 Å². The number of aryl methyl sites for hydroxylation is 1. The molecule has 1 unspecified atom stereocenters. The molecule has 1 aromatic carbocycles. The predicted octanol–water partition coefficient (Wildman–Crippen LogP) is 1.72. The molecule has 2 aromatic rings. The molecule has 6 nitrogen and oxygen atoms in total. The molecule has 7 heteroatoms. The van der Waals surface area contributed by atoms with Gasteiger partial charge in [0.1, 0.15) is 5.82 Å². The first kappa shape index (κ1) is 16.4. The van der Waals surface area contributed by atoms with E-state index in [1.165, 1.54) is 17.0 Å². The number of carboxylic acid groups (broad SMARTS) is 1. The van der Waals surface area contributed by atoms with Crippen LogP contribution in [0.15, 0.2) is 18.2 Å². The average Bonchev–Trinajstić information content (AvgIpc) is 2.73. The topological polar surface area (TPSA) is 82.6 Å². The Morgan fingerprint density at radius 3 is 3.00 bits per heavy atom. The molecule has 0 spiro atoms. The minimum absolute atomic E-state index is 0.0988. The molecule has 24 heavy (non-hydrogen) atoms. The Balaban J connectivity index is 1.82. The zero-order valence-corrected chi connectivity index (χ0v) is 13.3. The van der Waals surface area contributed by atoms with Gasteiger partial charge >= 0.3 is 5.97 Å². The first-order valence-electron chi connectivity index (χ1n) is 7.80. The Kier molecular flexibility index (Phi) is 4.53. The van der Waals surface area contributed by atoms with Gasteiger partial charge in [0.05, 0.1) is 25.6 Å². The van der Waals surface area contributed by atoms with Gasteiger partial charge < -0.3 is 19.7 Å². The molecule has 128 valence electrons. The molecule has 1 fully saturated rings. The van der Waals surface area contributed by atoms with Crippen molar-refractivity contribution < 1.29 is 23.8 Å². The second-order valence-corrected chi connectivity index (χ2v) is 6.05. The van der Waals surface area contributed by atoms with Crippen LogP contribution in [0.1, 0.15) is 11.3 Å². The Morgan fingerprint density at radius 1 is 1.46 bits per heavy atom. The van der Waals surface area contributed by atoms with E-state index in [1.807, 2.05) is 6.92 Å². The van der Waals surface area contributed by atoms with Gasteiger partial charge in [0.2, 0.25) is 5.91 Å². The van der Waals surface area contributed by atoms with Crippen molar-refractivity contribution in [2.45, 2.75) is 13.3 Å². The molecule has 1 atom stereocenters. The zero-order chi connectivity index (χ0) is 17.3. The van der Waals surface area contributed by atoms with Crippen molar-refractivity contribution in [1.82, 2.24) is 9.88 Å². The first-order valence-corrected chi connectivity index (χ1v) is 7.80. The van der Waals surface area contributed by atoms with Crippen LogP contribution in [0.4, 0.5) is 4.39 Å². The Labute approximate surface area is 138 Å². The lowest BCUT2D eigenvalue weighted by Gasteiger charge is -2.22. The van der Waals surface area contributed by atoms with Crippen LogP contribution in [0.3, 0.4) is 0 Å². The van der Waals surface area contributed by atoms with E-state index in [2.05, 4.69) is 4.98 Å². The number of rotatable bonds is 3. The van der Waals surface area contributed by atoms with Gasteiger partial charge in [0.15, 0.2) is 0 Å². The molecule has 2 N–H and O–H groups in total. The third-order valence-electron chi connectivity index (χ3n) is 4.38. The van der Waals surface area contributed by atoms with Gasteiger partial charge in [0, 0.05) is 29.7 Å². The lowest BCUT2D eigenvalue weighted by molar-refractivity contribution is -0.144. The maximum absolute atomic E-state index is 13.5. The molecular weight excluding hydrogens is 315 g/mol. The summed E-state index contributed by atoms with van der Waals surface area (Å²) in [6.45, 7) is 2.75. The van der Waals surface area contributed by atoms with Crippen molar-refractivity contribution in [1.29, 1.82) is 0 Å². The molecule has 0 radical (unpaired) electrons. The summed E-state index contributed by atoms with van der Waals surface area (Å²) in [5.41, 5.74) is 2.33. The predicted molar refractivity (Wildman–Crippen MR) is 85.2 cm³/mol. The molecular formula is C17H19FN2O4. The molecule has 1 aromatic heterocycles. The molecule has 1 aliphatic rings. The van der Waals surface area contributed by atoms with Crippen molar-refractivity contribution in [3.8, 4) is 0 Å². The van der Waals surface area contributed by atoms with Gasteiger partial charge in [-0.05, 0) is 30.7 Å². The number of carboxylic acids is 1. The average molecular weight is 334 g/mol. The standard InChI is InChI=1S/C17H19FN2O4/c1-10-13(14-6-12(18)2-3-15(14)19-10)7-16(21)20-4-5-24-9-11(8-20)17(22)23/h2-3,6,11,19H,4-5,7-9H2,1H3,(H,22,23). The highest BCUT2D eigenvalue weighted by atomic mass is 19.1. The fourth-order valence-corrected chi connectivity index (χ4v) is 3.03. The molecule has 2 heterocycles. The Morgan fingerprint density at radius 2 is 2.25 bits per heavy atom. The van der Waals surface area contributed by atoms with Crippen LogP contribution in [0, 0.1) is 18.7 Å². The summed E-state index contributed by atoms with van der Waals surface area (Å²) in [4.78, 5) is 28.5. The number of hydrogen-bond acceptors (Lipinski definition) is 3. The molecule has 1 amide bonds. The fourth-order valence-electron chi connectivity index (χ4n) is 3.03. The summed E-state index contributed by atoms with van der Waals surface area (Å²) in [6, 6.07) is 4.42. The summed E-state index contributed by atoms with van der Waals surface area (Å²) in [5, 5.41) is 9.85. The van der Waals surface area contributed by atoms with E-state index >= 15 is 0 Å². The van der Waals surface area contributed by atoms with Crippen molar-refractivity contribution in [2.24, 2.45) is 5.92 Å². The number of benzene rings is 1. The van der Waals surface area contributed by atoms with Crippen LogP contribution in [0.25, 0.3) is 10.9 Å². The summed E-state index contributed by atoms with van der Waals surface area (Å²) in [7, 11) is 0. The number of ether oxygens (including phenoxy) is 1. The number of amides is 1. The number of carbonyl (C=O) groups excluding carboxylic acids is 1. The molecule has 1 saturated heterocycles. The SMILES string of the molecule is Cc1[nH]c2ccc(F)cc2c1CC(=O)N1CCOCC(C(=O)O)C1. The minimum Gasteiger partial charge on any atom is -0.481 e. The monoisotopic (exact) mass is 334 g/mol. The van der Waals surface area contributed by atoms with E-state index < -0.39 is 11.9 Å². The summed E-state index contributed by atoms with van der Waals surface area (Å²) >= 11 is 0. The second kappa shape index (κ2) is 6.60. The molecule has 3 rings (SSSR count).